The molecule has 11 heavy (non-hydrogen) atoms. The molecule has 1 aromatic rings. The van der Waals surface area contributed by atoms with Gasteiger partial charge in [0.2, 0.25) is 5.16 Å². The lowest BCUT2D eigenvalue weighted by atomic mass is 10.8. The molecule has 7 heteroatoms. The predicted octanol–water partition coefficient (Wildman–Crippen LogP) is -0.535. The summed E-state index contributed by atoms with van der Waals surface area (Å²) in [7, 11) is 1.33. The number of ether oxygens (including phenoxy) is 1. The molecule has 0 saturated carbocycles. The summed E-state index contributed by atoms with van der Waals surface area (Å²) in [5.41, 5.74) is 0. The molecule has 0 saturated heterocycles. The van der Waals surface area contributed by atoms with Gasteiger partial charge >= 0.3 is 5.97 Å². The fourth-order valence-corrected chi connectivity index (χ4v) is 0.970. The van der Waals surface area contributed by atoms with Gasteiger partial charge in [0.1, 0.15) is 0 Å². The van der Waals surface area contributed by atoms with Gasteiger partial charge in [-0.25, -0.2) is 5.10 Å². The SMILES string of the molecule is COC(=O)CSc1nnn[nH]1. The Labute approximate surface area is 66.7 Å². The maximum atomic E-state index is 10.6. The van der Waals surface area contributed by atoms with Gasteiger partial charge in [0.05, 0.1) is 12.9 Å². The lowest BCUT2D eigenvalue weighted by molar-refractivity contribution is -0.137. The normalized spacial score (nSPS) is 9.55. The molecule has 1 N–H and O–H groups in total. The fraction of sp³-hybridized carbons (Fsp3) is 0.500. The zero-order chi connectivity index (χ0) is 8.10. The lowest BCUT2D eigenvalue weighted by Crippen LogP contribution is -2.03. The third-order valence-electron chi connectivity index (χ3n) is 0.880. The zero-order valence-corrected chi connectivity index (χ0v) is 6.59. The van der Waals surface area contributed by atoms with Crippen LogP contribution in [0.25, 0.3) is 0 Å². The molecule has 0 bridgehead atoms. The fourth-order valence-electron chi connectivity index (χ4n) is 0.398. The van der Waals surface area contributed by atoms with Crippen molar-refractivity contribution in [2.45, 2.75) is 5.16 Å². The van der Waals surface area contributed by atoms with Crippen molar-refractivity contribution in [3.05, 3.63) is 0 Å². The minimum absolute atomic E-state index is 0.216. The number of carbonyl (C=O) groups excluding carboxylic acids is 1. The van der Waals surface area contributed by atoms with E-state index in [1.165, 1.54) is 18.9 Å². The van der Waals surface area contributed by atoms with Crippen molar-refractivity contribution in [2.24, 2.45) is 0 Å². The number of rotatable bonds is 3. The molecule has 0 unspecified atom stereocenters. The first-order valence-corrected chi connectivity index (χ1v) is 3.75. The van der Waals surface area contributed by atoms with E-state index in [0.717, 1.165) is 0 Å². The lowest BCUT2D eigenvalue weighted by Gasteiger charge is -1.93. The van der Waals surface area contributed by atoms with E-state index in [2.05, 4.69) is 25.4 Å². The first-order chi connectivity index (χ1) is 5.33. The van der Waals surface area contributed by atoms with Gasteiger partial charge in [0.25, 0.3) is 0 Å². The van der Waals surface area contributed by atoms with E-state index in [-0.39, 0.29) is 11.7 Å². The van der Waals surface area contributed by atoms with Crippen LogP contribution in [0.3, 0.4) is 0 Å². The molecule has 0 aromatic carbocycles. The summed E-state index contributed by atoms with van der Waals surface area (Å²) in [6, 6.07) is 0. The standard InChI is InChI=1S/C4H6N4O2S/c1-10-3(9)2-11-4-5-7-8-6-4/h2H2,1H3,(H,5,6,7,8). The molecule has 0 spiro atoms. The number of aromatic amines is 1. The molecule has 0 atom stereocenters. The molecule has 0 aliphatic heterocycles. The van der Waals surface area contributed by atoms with Crippen LogP contribution < -0.4 is 0 Å². The average Bonchev–Trinajstić information content (AvgIpc) is 2.52. The first kappa shape index (κ1) is 7.99. The van der Waals surface area contributed by atoms with Crippen molar-refractivity contribution in [1.29, 1.82) is 0 Å². The highest BCUT2D eigenvalue weighted by atomic mass is 32.2. The van der Waals surface area contributed by atoms with E-state index in [4.69, 9.17) is 0 Å². The molecule has 0 fully saturated rings. The number of hydrogen-bond donors (Lipinski definition) is 1. The summed E-state index contributed by atoms with van der Waals surface area (Å²) in [5, 5.41) is 13.2. The molecule has 1 rings (SSSR count). The smallest absolute Gasteiger partial charge is 0.316 e. The van der Waals surface area contributed by atoms with Gasteiger partial charge in [-0.1, -0.05) is 11.8 Å². The molecular weight excluding hydrogens is 168 g/mol. The Kier molecular flexibility index (Phi) is 2.84. The van der Waals surface area contributed by atoms with Crippen LogP contribution in [-0.4, -0.2) is 39.5 Å². The Hall–Kier alpha value is -1.11. The van der Waals surface area contributed by atoms with E-state index in [9.17, 15) is 4.79 Å². The molecular formula is C4H6N4O2S. The van der Waals surface area contributed by atoms with Crippen molar-refractivity contribution >= 4 is 17.7 Å². The van der Waals surface area contributed by atoms with Crippen LogP contribution in [0.4, 0.5) is 0 Å². The second kappa shape index (κ2) is 3.91. The predicted molar refractivity (Wildman–Crippen MR) is 36.9 cm³/mol. The quantitative estimate of drug-likeness (QED) is 0.490. The topological polar surface area (TPSA) is 80.8 Å². The van der Waals surface area contributed by atoms with E-state index >= 15 is 0 Å². The summed E-state index contributed by atoms with van der Waals surface area (Å²) in [5.74, 6) is -0.0840. The van der Waals surface area contributed by atoms with Gasteiger partial charge in [-0.3, -0.25) is 4.79 Å². The zero-order valence-electron chi connectivity index (χ0n) is 5.77. The third-order valence-corrected chi connectivity index (χ3v) is 1.71. The van der Waals surface area contributed by atoms with Crippen molar-refractivity contribution in [3.63, 3.8) is 0 Å². The van der Waals surface area contributed by atoms with Crippen molar-refractivity contribution in [1.82, 2.24) is 20.6 Å². The summed E-state index contributed by atoms with van der Waals surface area (Å²) >= 11 is 1.19. The molecule has 1 heterocycles. The Morgan fingerprint density at radius 2 is 2.64 bits per heavy atom. The summed E-state index contributed by atoms with van der Waals surface area (Å²) in [4.78, 5) is 10.6. The van der Waals surface area contributed by atoms with E-state index in [1.54, 1.807) is 0 Å². The molecule has 0 aliphatic rings. The Morgan fingerprint density at radius 3 is 3.18 bits per heavy atom. The highest BCUT2D eigenvalue weighted by Gasteiger charge is 2.03. The van der Waals surface area contributed by atoms with Crippen LogP contribution in [0.2, 0.25) is 0 Å². The molecule has 0 aliphatic carbocycles. The summed E-state index contributed by atoms with van der Waals surface area (Å²) < 4.78 is 4.41. The van der Waals surface area contributed by atoms with E-state index < -0.39 is 0 Å². The number of H-pyrrole nitrogens is 1. The van der Waals surface area contributed by atoms with Crippen LogP contribution in [0.5, 0.6) is 0 Å². The number of esters is 1. The summed E-state index contributed by atoms with van der Waals surface area (Å²) in [6.07, 6.45) is 0. The monoisotopic (exact) mass is 174 g/mol. The Balaban J connectivity index is 2.29. The Bertz CT molecular complexity index is 224. The van der Waals surface area contributed by atoms with Crippen molar-refractivity contribution in [2.75, 3.05) is 12.9 Å². The first-order valence-electron chi connectivity index (χ1n) is 2.76. The average molecular weight is 174 g/mol. The van der Waals surface area contributed by atoms with Crippen LogP contribution in [0, 0.1) is 0 Å². The molecule has 0 radical (unpaired) electrons. The van der Waals surface area contributed by atoms with E-state index in [0.29, 0.717) is 5.16 Å². The van der Waals surface area contributed by atoms with Gasteiger partial charge in [0.15, 0.2) is 0 Å². The number of aromatic nitrogens is 4. The van der Waals surface area contributed by atoms with Gasteiger partial charge in [-0.05, 0) is 10.4 Å². The number of nitrogens with zero attached hydrogens (tertiary/aromatic N) is 3. The van der Waals surface area contributed by atoms with Crippen molar-refractivity contribution in [3.8, 4) is 0 Å². The minimum atomic E-state index is -0.300. The third kappa shape index (κ3) is 2.54. The molecule has 1 aromatic heterocycles. The number of carbonyl (C=O) groups is 1. The largest absolute Gasteiger partial charge is 0.468 e. The molecule has 6 nitrogen and oxygen atoms in total. The Morgan fingerprint density at radius 1 is 1.82 bits per heavy atom. The molecule has 0 amide bonds. The summed E-state index contributed by atoms with van der Waals surface area (Å²) in [6.45, 7) is 0. The number of hydrogen-bond acceptors (Lipinski definition) is 6. The number of tetrazole rings is 1. The minimum Gasteiger partial charge on any atom is -0.468 e. The van der Waals surface area contributed by atoms with E-state index in [1.807, 2.05) is 0 Å². The second-order valence-corrected chi connectivity index (χ2v) is 2.54. The van der Waals surface area contributed by atoms with Gasteiger partial charge in [-0.15, -0.1) is 5.10 Å². The van der Waals surface area contributed by atoms with Gasteiger partial charge < -0.3 is 4.74 Å². The number of nitrogens with one attached hydrogen (secondary N) is 1. The number of thioether (sulfide) groups is 1. The van der Waals surface area contributed by atoms with Crippen LogP contribution >= 0.6 is 11.8 Å². The second-order valence-electron chi connectivity index (χ2n) is 1.57. The maximum absolute atomic E-state index is 10.6. The van der Waals surface area contributed by atoms with Crippen molar-refractivity contribution < 1.29 is 9.53 Å². The highest BCUT2D eigenvalue weighted by Crippen LogP contribution is 2.08. The van der Waals surface area contributed by atoms with Gasteiger partial charge in [-0.2, -0.15) is 0 Å². The van der Waals surface area contributed by atoms with Crippen LogP contribution in [0.15, 0.2) is 5.16 Å². The number of methoxy groups -OCH3 is 1. The van der Waals surface area contributed by atoms with Crippen LogP contribution in [-0.2, 0) is 9.53 Å². The highest BCUT2D eigenvalue weighted by molar-refractivity contribution is 7.99. The van der Waals surface area contributed by atoms with Gasteiger partial charge in [0, 0.05) is 0 Å². The van der Waals surface area contributed by atoms with Crippen LogP contribution in [0.1, 0.15) is 0 Å². The maximum Gasteiger partial charge on any atom is 0.316 e. The molecule has 60 valence electrons.